The molecule has 0 heterocycles. The van der Waals surface area contributed by atoms with Crippen molar-refractivity contribution in [3.63, 3.8) is 0 Å². The molecule has 3 N–H and O–H groups in total. The summed E-state index contributed by atoms with van der Waals surface area (Å²) in [4.78, 5) is 0.107. The first-order valence-corrected chi connectivity index (χ1v) is 9.20. The Morgan fingerprint density at radius 1 is 1.35 bits per heavy atom. The van der Waals surface area contributed by atoms with Gasteiger partial charge in [-0.25, -0.2) is 21.6 Å². The average Bonchev–Trinajstić information content (AvgIpc) is 2.93. The van der Waals surface area contributed by atoms with E-state index in [4.69, 9.17) is 18.0 Å². The average molecular weight is 300 g/mol. The van der Waals surface area contributed by atoms with Gasteiger partial charge in [-0.15, -0.1) is 0 Å². The number of thiocarbonyl (C=S) groups is 1. The molecule has 0 aliphatic heterocycles. The number of rotatable bonds is 7. The van der Waals surface area contributed by atoms with Gasteiger partial charge in [0.1, 0.15) is 9.84 Å². The number of sulfone groups is 1. The number of hydrogen-bond acceptors (Lipinski definition) is 5. The Balaban J connectivity index is 2.61. The second-order valence-electron chi connectivity index (χ2n) is 4.28. The lowest BCUT2D eigenvalue weighted by Crippen LogP contribution is -2.46. The van der Waals surface area contributed by atoms with Crippen LogP contribution in [0.25, 0.3) is 0 Å². The molecule has 0 saturated heterocycles. The van der Waals surface area contributed by atoms with Gasteiger partial charge in [-0.3, -0.25) is 0 Å². The van der Waals surface area contributed by atoms with E-state index in [1.165, 1.54) is 0 Å². The third kappa shape index (κ3) is 5.75. The van der Waals surface area contributed by atoms with Gasteiger partial charge in [-0.1, -0.05) is 12.2 Å². The molecule has 100 valence electrons. The summed E-state index contributed by atoms with van der Waals surface area (Å²) in [6, 6.07) is -0.547. The minimum absolute atomic E-state index is 0.107. The number of nitrogens with two attached hydrogens (primary N) is 1. The van der Waals surface area contributed by atoms with Gasteiger partial charge in [0.25, 0.3) is 0 Å². The number of sulfonamides is 1. The highest BCUT2D eigenvalue weighted by Crippen LogP contribution is 2.33. The molecule has 17 heavy (non-hydrogen) atoms. The van der Waals surface area contributed by atoms with Gasteiger partial charge in [-0.05, 0) is 18.8 Å². The summed E-state index contributed by atoms with van der Waals surface area (Å²) in [6.45, 7) is 0. The van der Waals surface area contributed by atoms with Crippen LogP contribution in [0.1, 0.15) is 12.8 Å². The van der Waals surface area contributed by atoms with Crippen molar-refractivity contribution in [1.82, 2.24) is 4.72 Å². The Morgan fingerprint density at radius 3 is 2.24 bits per heavy atom. The van der Waals surface area contributed by atoms with Gasteiger partial charge in [-0.2, -0.15) is 0 Å². The molecule has 1 atom stereocenters. The van der Waals surface area contributed by atoms with E-state index in [0.29, 0.717) is 0 Å². The second kappa shape index (κ2) is 5.17. The summed E-state index contributed by atoms with van der Waals surface area (Å²) in [5, 5.41) is 0. The Bertz CT molecular complexity index is 493. The van der Waals surface area contributed by atoms with Crippen LogP contribution in [0.2, 0.25) is 0 Å². The van der Waals surface area contributed by atoms with Crippen LogP contribution in [-0.2, 0) is 19.9 Å². The molecule has 1 unspecified atom stereocenters. The lowest BCUT2D eigenvalue weighted by atomic mass is 10.2. The topological polar surface area (TPSA) is 106 Å². The highest BCUT2D eigenvalue weighted by atomic mass is 32.2. The van der Waals surface area contributed by atoms with Crippen LogP contribution in [0.15, 0.2) is 0 Å². The number of hydrogen-bond donors (Lipinski definition) is 2. The fraction of sp³-hybridized carbons (Fsp3) is 0.875. The molecule has 0 aromatic rings. The van der Waals surface area contributed by atoms with Gasteiger partial charge < -0.3 is 5.73 Å². The molecule has 0 aromatic heterocycles. The van der Waals surface area contributed by atoms with Crippen molar-refractivity contribution >= 4 is 37.1 Å². The first-order valence-electron chi connectivity index (χ1n) is 5.08. The molecule has 0 spiro atoms. The number of nitrogens with one attached hydrogen (secondary N) is 1. The van der Waals surface area contributed by atoms with Crippen LogP contribution >= 0.6 is 12.2 Å². The van der Waals surface area contributed by atoms with Crippen molar-refractivity contribution in [3.8, 4) is 0 Å². The molecule has 1 aliphatic rings. The Kier molecular flexibility index (Phi) is 4.50. The smallest absolute Gasteiger partial charge is 0.213 e. The zero-order valence-electron chi connectivity index (χ0n) is 9.42. The molecule has 0 aromatic carbocycles. The van der Waals surface area contributed by atoms with E-state index in [2.05, 4.69) is 4.72 Å². The lowest BCUT2D eigenvalue weighted by Gasteiger charge is -2.16. The molecule has 0 bridgehead atoms. The molecule has 1 fully saturated rings. The maximum Gasteiger partial charge on any atom is 0.213 e. The summed E-state index contributed by atoms with van der Waals surface area (Å²) in [5.41, 5.74) is 5.45. The normalized spacial score (nSPS) is 18.9. The molecule has 0 radical (unpaired) electrons. The van der Waals surface area contributed by atoms with E-state index >= 15 is 0 Å². The summed E-state index contributed by atoms with van der Waals surface area (Å²) in [6.07, 6.45) is 2.77. The second-order valence-corrected chi connectivity index (χ2v) is 8.89. The maximum atomic E-state index is 11.6. The van der Waals surface area contributed by atoms with Gasteiger partial charge in [0.05, 0.1) is 22.5 Å². The molecule has 1 saturated carbocycles. The van der Waals surface area contributed by atoms with Crippen LogP contribution in [-0.4, -0.2) is 45.6 Å². The predicted molar refractivity (Wildman–Crippen MR) is 69.9 cm³/mol. The van der Waals surface area contributed by atoms with Crippen LogP contribution in [0.5, 0.6) is 0 Å². The van der Waals surface area contributed by atoms with Crippen LogP contribution in [0.3, 0.4) is 0 Å². The van der Waals surface area contributed by atoms with Crippen LogP contribution < -0.4 is 10.5 Å². The zero-order chi connectivity index (χ0) is 13.3. The van der Waals surface area contributed by atoms with Gasteiger partial charge in [0, 0.05) is 6.26 Å². The molecular weight excluding hydrogens is 284 g/mol. The highest BCUT2D eigenvalue weighted by molar-refractivity contribution is 7.93. The fourth-order valence-electron chi connectivity index (χ4n) is 1.33. The summed E-state index contributed by atoms with van der Waals surface area (Å²) in [5.74, 6) is -0.713. The summed E-state index contributed by atoms with van der Waals surface area (Å²) < 4.78 is 47.4. The van der Waals surface area contributed by atoms with Crippen molar-refractivity contribution < 1.29 is 16.8 Å². The van der Waals surface area contributed by atoms with E-state index in [1.807, 2.05) is 0 Å². The van der Waals surface area contributed by atoms with Gasteiger partial charge >= 0.3 is 0 Å². The monoisotopic (exact) mass is 300 g/mol. The third-order valence-electron chi connectivity index (χ3n) is 2.43. The highest BCUT2D eigenvalue weighted by Gasteiger charge is 2.35. The van der Waals surface area contributed by atoms with Crippen molar-refractivity contribution in [1.29, 1.82) is 0 Å². The minimum atomic E-state index is -3.66. The minimum Gasteiger partial charge on any atom is -0.392 e. The maximum absolute atomic E-state index is 11.6. The Labute approximate surface area is 107 Å². The van der Waals surface area contributed by atoms with Crippen molar-refractivity contribution in [2.75, 3.05) is 17.8 Å². The van der Waals surface area contributed by atoms with Crippen LogP contribution in [0.4, 0.5) is 0 Å². The molecule has 0 amide bonds. The zero-order valence-corrected chi connectivity index (χ0v) is 11.9. The molecule has 9 heteroatoms. The quantitative estimate of drug-likeness (QED) is 0.585. The van der Waals surface area contributed by atoms with Crippen molar-refractivity contribution in [2.24, 2.45) is 11.7 Å². The summed E-state index contributed by atoms with van der Waals surface area (Å²) in [7, 11) is -6.96. The van der Waals surface area contributed by atoms with E-state index in [0.717, 1.165) is 19.1 Å². The predicted octanol–water partition coefficient (Wildman–Crippen LogP) is -0.985. The Morgan fingerprint density at radius 2 is 1.88 bits per heavy atom. The SMILES string of the molecule is CS(=O)(=O)CCS(=O)(=O)NC(C(N)=S)C1CC1. The molecule has 1 aliphatic carbocycles. The van der Waals surface area contributed by atoms with Crippen molar-refractivity contribution in [2.45, 2.75) is 18.9 Å². The van der Waals surface area contributed by atoms with E-state index in [-0.39, 0.29) is 10.9 Å². The summed E-state index contributed by atoms with van der Waals surface area (Å²) >= 11 is 4.79. The van der Waals surface area contributed by atoms with E-state index < -0.39 is 37.4 Å². The first kappa shape index (κ1) is 14.8. The molecular formula is C8H16N2O4S3. The Hall–Kier alpha value is -0.250. The molecule has 6 nitrogen and oxygen atoms in total. The van der Waals surface area contributed by atoms with Gasteiger partial charge in [0.15, 0.2) is 0 Å². The van der Waals surface area contributed by atoms with E-state index in [9.17, 15) is 16.8 Å². The third-order valence-corrected chi connectivity index (χ3v) is 5.24. The largest absolute Gasteiger partial charge is 0.392 e. The lowest BCUT2D eigenvalue weighted by molar-refractivity contribution is 0.564. The first-order chi connectivity index (χ1) is 7.61. The fourth-order valence-corrected chi connectivity index (χ4v) is 4.57. The van der Waals surface area contributed by atoms with Crippen LogP contribution in [0, 0.1) is 5.92 Å². The van der Waals surface area contributed by atoms with Gasteiger partial charge in [0.2, 0.25) is 10.0 Å². The van der Waals surface area contributed by atoms with E-state index in [1.54, 1.807) is 0 Å². The van der Waals surface area contributed by atoms with Crippen molar-refractivity contribution in [3.05, 3.63) is 0 Å². The molecule has 1 rings (SSSR count). The standard InChI is InChI=1S/C8H16N2O4S3/c1-16(11,12)4-5-17(13,14)10-7(8(9)15)6-2-3-6/h6-7,10H,2-5H2,1H3,(H2,9,15).